The molecule has 26 heavy (non-hydrogen) atoms. The molecule has 0 heterocycles. The molecule has 9 heteroatoms. The second-order valence-electron chi connectivity index (χ2n) is 5.14. The zero-order valence-corrected chi connectivity index (χ0v) is 14.3. The molecule has 1 atom stereocenters. The molecule has 0 aromatic heterocycles. The largest absolute Gasteiger partial charge is 0.449 e. The van der Waals surface area contributed by atoms with Crippen molar-refractivity contribution in [3.63, 3.8) is 0 Å². The number of benzene rings is 2. The zero-order chi connectivity index (χ0) is 19.3. The predicted octanol–water partition coefficient (Wildman–Crippen LogP) is 3.71. The molecular formula is C17H15ClF2N2O4. The van der Waals surface area contributed by atoms with Crippen molar-refractivity contribution in [2.24, 2.45) is 0 Å². The van der Waals surface area contributed by atoms with Crippen LogP contribution in [0.1, 0.15) is 17.3 Å². The summed E-state index contributed by atoms with van der Waals surface area (Å²) in [5.74, 6) is -1.76. The predicted molar refractivity (Wildman–Crippen MR) is 92.4 cm³/mol. The van der Waals surface area contributed by atoms with Crippen LogP contribution in [-0.4, -0.2) is 24.6 Å². The highest BCUT2D eigenvalue weighted by Gasteiger charge is 2.22. The maximum atomic E-state index is 12.4. The SMILES string of the molecule is C[C@@H](OC(=O)c1ccc(Cl)cc1N)C(=O)Nc1ccccc1OC(F)F. The Labute approximate surface area is 152 Å². The minimum Gasteiger partial charge on any atom is -0.449 e. The number of para-hydroxylation sites is 2. The van der Waals surface area contributed by atoms with Crippen LogP contribution >= 0.6 is 11.6 Å². The smallest absolute Gasteiger partial charge is 0.387 e. The van der Waals surface area contributed by atoms with Crippen LogP contribution in [0.25, 0.3) is 0 Å². The molecule has 2 aromatic rings. The van der Waals surface area contributed by atoms with Crippen LogP contribution in [0.2, 0.25) is 5.02 Å². The summed E-state index contributed by atoms with van der Waals surface area (Å²) < 4.78 is 34.2. The van der Waals surface area contributed by atoms with Gasteiger partial charge in [-0.3, -0.25) is 4.79 Å². The molecule has 0 spiro atoms. The summed E-state index contributed by atoms with van der Waals surface area (Å²) in [6.45, 7) is -1.72. The molecular weight excluding hydrogens is 370 g/mol. The number of halogens is 3. The standard InChI is InChI=1S/C17H15ClF2N2O4/c1-9(25-16(24)11-7-6-10(18)8-12(11)21)15(23)22-13-4-2-3-5-14(13)26-17(19)20/h2-9,17H,21H2,1H3,(H,22,23)/t9-/m1/s1. The number of anilines is 2. The number of carbonyl (C=O) groups excluding carboxylic acids is 2. The summed E-state index contributed by atoms with van der Waals surface area (Å²) >= 11 is 5.76. The summed E-state index contributed by atoms with van der Waals surface area (Å²) in [7, 11) is 0. The Morgan fingerprint density at radius 1 is 1.19 bits per heavy atom. The number of hydrogen-bond donors (Lipinski definition) is 2. The highest BCUT2D eigenvalue weighted by atomic mass is 35.5. The molecule has 2 aromatic carbocycles. The quantitative estimate of drug-likeness (QED) is 0.585. The van der Waals surface area contributed by atoms with Gasteiger partial charge in [0.1, 0.15) is 5.75 Å². The molecule has 1 amide bonds. The normalized spacial score (nSPS) is 11.7. The van der Waals surface area contributed by atoms with Crippen molar-refractivity contribution in [3.05, 3.63) is 53.1 Å². The Morgan fingerprint density at radius 3 is 2.54 bits per heavy atom. The van der Waals surface area contributed by atoms with Crippen molar-refractivity contribution in [3.8, 4) is 5.75 Å². The van der Waals surface area contributed by atoms with E-state index in [1.165, 1.54) is 49.4 Å². The van der Waals surface area contributed by atoms with Gasteiger partial charge in [0.05, 0.1) is 11.3 Å². The average molecular weight is 385 g/mol. The minimum atomic E-state index is -3.05. The van der Waals surface area contributed by atoms with E-state index in [4.69, 9.17) is 22.1 Å². The van der Waals surface area contributed by atoms with Gasteiger partial charge in [-0.15, -0.1) is 0 Å². The molecule has 2 rings (SSSR count). The van der Waals surface area contributed by atoms with Gasteiger partial charge in [0.2, 0.25) is 0 Å². The topological polar surface area (TPSA) is 90.7 Å². The van der Waals surface area contributed by atoms with E-state index in [1.54, 1.807) is 0 Å². The summed E-state index contributed by atoms with van der Waals surface area (Å²) in [6.07, 6.45) is -1.21. The molecule has 0 aliphatic carbocycles. The van der Waals surface area contributed by atoms with E-state index in [-0.39, 0.29) is 22.7 Å². The molecule has 6 nitrogen and oxygen atoms in total. The van der Waals surface area contributed by atoms with Crippen LogP contribution in [0.4, 0.5) is 20.2 Å². The fourth-order valence-corrected chi connectivity index (χ4v) is 2.18. The summed E-state index contributed by atoms with van der Waals surface area (Å²) in [5, 5.41) is 2.72. The van der Waals surface area contributed by atoms with E-state index >= 15 is 0 Å². The van der Waals surface area contributed by atoms with Gasteiger partial charge in [-0.1, -0.05) is 23.7 Å². The zero-order valence-electron chi connectivity index (χ0n) is 13.5. The number of carbonyl (C=O) groups is 2. The lowest BCUT2D eigenvalue weighted by atomic mass is 10.2. The lowest BCUT2D eigenvalue weighted by molar-refractivity contribution is -0.123. The lowest BCUT2D eigenvalue weighted by Crippen LogP contribution is -2.30. The molecule has 0 bridgehead atoms. The van der Waals surface area contributed by atoms with E-state index in [0.717, 1.165) is 0 Å². The maximum Gasteiger partial charge on any atom is 0.387 e. The van der Waals surface area contributed by atoms with Gasteiger partial charge < -0.3 is 20.5 Å². The van der Waals surface area contributed by atoms with Crippen molar-refractivity contribution < 1.29 is 27.8 Å². The van der Waals surface area contributed by atoms with E-state index in [1.807, 2.05) is 0 Å². The number of ether oxygens (including phenoxy) is 2. The molecule has 0 fully saturated rings. The first-order valence-corrected chi connectivity index (χ1v) is 7.76. The van der Waals surface area contributed by atoms with E-state index in [9.17, 15) is 18.4 Å². The number of nitrogens with one attached hydrogen (secondary N) is 1. The lowest BCUT2D eigenvalue weighted by Gasteiger charge is -2.16. The number of rotatable bonds is 6. The van der Waals surface area contributed by atoms with Crippen molar-refractivity contribution in [2.75, 3.05) is 11.1 Å². The molecule has 0 radical (unpaired) electrons. The van der Waals surface area contributed by atoms with Gasteiger partial charge in [-0.25, -0.2) is 4.79 Å². The van der Waals surface area contributed by atoms with E-state index < -0.39 is 24.6 Å². The average Bonchev–Trinajstić information content (AvgIpc) is 2.55. The molecule has 0 unspecified atom stereocenters. The van der Waals surface area contributed by atoms with Crippen LogP contribution in [-0.2, 0) is 9.53 Å². The minimum absolute atomic E-state index is 0.0201. The first-order chi connectivity index (χ1) is 12.3. The molecule has 0 saturated carbocycles. The number of hydrogen-bond acceptors (Lipinski definition) is 5. The second kappa shape index (κ2) is 8.48. The van der Waals surface area contributed by atoms with Crippen molar-refractivity contribution >= 4 is 34.9 Å². The number of esters is 1. The summed E-state index contributed by atoms with van der Waals surface area (Å²) in [4.78, 5) is 24.3. The summed E-state index contributed by atoms with van der Waals surface area (Å²) in [6, 6.07) is 9.85. The van der Waals surface area contributed by atoms with Crippen LogP contribution in [0.5, 0.6) is 5.75 Å². The Bertz CT molecular complexity index is 817. The van der Waals surface area contributed by atoms with Crippen LogP contribution in [0.3, 0.4) is 0 Å². The highest BCUT2D eigenvalue weighted by Crippen LogP contribution is 2.26. The van der Waals surface area contributed by atoms with Gasteiger partial charge in [0.15, 0.2) is 6.10 Å². The van der Waals surface area contributed by atoms with Gasteiger partial charge in [0.25, 0.3) is 5.91 Å². The molecule has 3 N–H and O–H groups in total. The van der Waals surface area contributed by atoms with Crippen molar-refractivity contribution in [1.82, 2.24) is 0 Å². The second-order valence-corrected chi connectivity index (χ2v) is 5.58. The van der Waals surface area contributed by atoms with E-state index in [0.29, 0.717) is 5.02 Å². The Hall–Kier alpha value is -2.87. The molecule has 0 saturated heterocycles. The first-order valence-electron chi connectivity index (χ1n) is 7.38. The third-order valence-corrected chi connectivity index (χ3v) is 3.48. The summed E-state index contributed by atoms with van der Waals surface area (Å²) in [5.41, 5.74) is 5.86. The Balaban J connectivity index is 2.05. The van der Waals surface area contributed by atoms with Gasteiger partial charge >= 0.3 is 12.6 Å². The van der Waals surface area contributed by atoms with Crippen LogP contribution in [0.15, 0.2) is 42.5 Å². The monoisotopic (exact) mass is 384 g/mol. The van der Waals surface area contributed by atoms with Gasteiger partial charge in [-0.05, 0) is 37.3 Å². The number of amides is 1. The fraction of sp³-hybridized carbons (Fsp3) is 0.176. The third kappa shape index (κ3) is 5.06. The fourth-order valence-electron chi connectivity index (χ4n) is 2.00. The number of nitrogens with two attached hydrogens (primary N) is 1. The maximum absolute atomic E-state index is 12.4. The highest BCUT2D eigenvalue weighted by molar-refractivity contribution is 6.31. The van der Waals surface area contributed by atoms with Gasteiger partial charge in [0, 0.05) is 10.7 Å². The van der Waals surface area contributed by atoms with Crippen LogP contribution in [0, 0.1) is 0 Å². The number of nitrogen functional groups attached to an aromatic ring is 1. The Kier molecular flexibility index (Phi) is 6.35. The Morgan fingerprint density at radius 2 is 1.88 bits per heavy atom. The van der Waals surface area contributed by atoms with Crippen molar-refractivity contribution in [1.29, 1.82) is 0 Å². The molecule has 138 valence electrons. The number of alkyl halides is 2. The molecule has 0 aliphatic heterocycles. The molecule has 0 aliphatic rings. The first kappa shape index (κ1) is 19.5. The van der Waals surface area contributed by atoms with Crippen molar-refractivity contribution in [2.45, 2.75) is 19.6 Å². The van der Waals surface area contributed by atoms with Crippen LogP contribution < -0.4 is 15.8 Å². The van der Waals surface area contributed by atoms with E-state index in [2.05, 4.69) is 10.1 Å². The third-order valence-electron chi connectivity index (χ3n) is 3.25. The van der Waals surface area contributed by atoms with Gasteiger partial charge in [-0.2, -0.15) is 8.78 Å².